The van der Waals surface area contributed by atoms with E-state index in [2.05, 4.69) is 34.7 Å². The number of aromatic nitrogens is 1. The SMILES string of the molecule is Cc1ccnc(Cl)c1NC(c1cccs1)C1CCCC1. The van der Waals surface area contributed by atoms with Crippen molar-refractivity contribution in [1.82, 2.24) is 4.98 Å². The normalized spacial score (nSPS) is 17.3. The van der Waals surface area contributed by atoms with Crippen LogP contribution in [0.5, 0.6) is 0 Å². The second kappa shape index (κ2) is 6.15. The summed E-state index contributed by atoms with van der Waals surface area (Å²) in [6.07, 6.45) is 7.04. The number of hydrogen-bond donors (Lipinski definition) is 1. The number of aryl methyl sites for hydroxylation is 1. The first-order valence-corrected chi connectivity index (χ1v) is 8.42. The fourth-order valence-corrected chi connectivity index (χ4v) is 4.16. The van der Waals surface area contributed by atoms with E-state index in [1.807, 2.05) is 17.4 Å². The summed E-state index contributed by atoms with van der Waals surface area (Å²) in [4.78, 5) is 5.61. The van der Waals surface area contributed by atoms with E-state index in [1.165, 1.54) is 30.6 Å². The van der Waals surface area contributed by atoms with Crippen LogP contribution < -0.4 is 5.32 Å². The van der Waals surface area contributed by atoms with Gasteiger partial charge in [-0.15, -0.1) is 11.3 Å². The summed E-state index contributed by atoms with van der Waals surface area (Å²) >= 11 is 8.09. The van der Waals surface area contributed by atoms with Crippen molar-refractivity contribution in [2.45, 2.75) is 38.6 Å². The van der Waals surface area contributed by atoms with Crippen LogP contribution in [0.3, 0.4) is 0 Å². The first-order chi connectivity index (χ1) is 9.75. The molecule has 0 saturated heterocycles. The predicted octanol–water partition coefficient (Wildman–Crippen LogP) is 5.45. The molecule has 1 unspecified atom stereocenters. The zero-order valence-corrected chi connectivity index (χ0v) is 13.2. The number of anilines is 1. The van der Waals surface area contributed by atoms with E-state index in [-0.39, 0.29) is 0 Å². The summed E-state index contributed by atoms with van der Waals surface area (Å²) in [5, 5.41) is 6.40. The Kier molecular flexibility index (Phi) is 4.27. The Balaban J connectivity index is 1.90. The minimum atomic E-state index is 0.359. The maximum atomic E-state index is 6.27. The molecule has 4 heteroatoms. The van der Waals surface area contributed by atoms with E-state index in [4.69, 9.17) is 11.6 Å². The highest BCUT2D eigenvalue weighted by atomic mass is 35.5. The summed E-state index contributed by atoms with van der Waals surface area (Å²) in [6.45, 7) is 2.08. The van der Waals surface area contributed by atoms with Crippen molar-refractivity contribution >= 4 is 28.6 Å². The third-order valence-electron chi connectivity index (χ3n) is 4.13. The molecule has 0 aliphatic heterocycles. The van der Waals surface area contributed by atoms with Gasteiger partial charge in [0, 0.05) is 11.1 Å². The third kappa shape index (κ3) is 2.84. The van der Waals surface area contributed by atoms with E-state index in [1.54, 1.807) is 6.20 Å². The van der Waals surface area contributed by atoms with E-state index < -0.39 is 0 Å². The van der Waals surface area contributed by atoms with Crippen LogP contribution in [0.2, 0.25) is 5.15 Å². The second-order valence-corrected chi connectivity index (χ2v) is 6.81. The van der Waals surface area contributed by atoms with Crippen LogP contribution in [-0.2, 0) is 0 Å². The second-order valence-electron chi connectivity index (χ2n) is 5.48. The van der Waals surface area contributed by atoms with Gasteiger partial charge in [-0.3, -0.25) is 0 Å². The average Bonchev–Trinajstić information content (AvgIpc) is 3.12. The minimum absolute atomic E-state index is 0.359. The summed E-state index contributed by atoms with van der Waals surface area (Å²) < 4.78 is 0. The van der Waals surface area contributed by atoms with Crippen LogP contribution >= 0.6 is 22.9 Å². The summed E-state index contributed by atoms with van der Waals surface area (Å²) in [5.74, 6) is 0.698. The highest BCUT2D eigenvalue weighted by Gasteiger charge is 2.28. The molecule has 0 amide bonds. The van der Waals surface area contributed by atoms with Crippen molar-refractivity contribution < 1.29 is 0 Å². The number of hydrogen-bond acceptors (Lipinski definition) is 3. The molecular weight excluding hydrogens is 288 g/mol. The van der Waals surface area contributed by atoms with Crippen molar-refractivity contribution in [3.8, 4) is 0 Å². The lowest BCUT2D eigenvalue weighted by Crippen LogP contribution is -2.19. The van der Waals surface area contributed by atoms with Gasteiger partial charge in [-0.05, 0) is 48.8 Å². The number of halogens is 1. The van der Waals surface area contributed by atoms with Crippen molar-refractivity contribution in [1.29, 1.82) is 0 Å². The van der Waals surface area contributed by atoms with Crippen LogP contribution in [0, 0.1) is 12.8 Å². The molecule has 3 rings (SSSR count). The molecule has 1 aliphatic carbocycles. The Labute approximate surface area is 129 Å². The van der Waals surface area contributed by atoms with Crippen molar-refractivity contribution in [3.63, 3.8) is 0 Å². The number of thiophene rings is 1. The molecule has 2 heterocycles. The first-order valence-electron chi connectivity index (χ1n) is 7.17. The van der Waals surface area contributed by atoms with E-state index >= 15 is 0 Å². The largest absolute Gasteiger partial charge is 0.374 e. The Morgan fingerprint density at radius 2 is 2.15 bits per heavy atom. The molecule has 0 radical (unpaired) electrons. The highest BCUT2D eigenvalue weighted by molar-refractivity contribution is 7.10. The molecule has 0 aromatic carbocycles. The van der Waals surface area contributed by atoms with Gasteiger partial charge in [-0.1, -0.05) is 30.5 Å². The van der Waals surface area contributed by atoms with Gasteiger partial charge in [0.1, 0.15) is 0 Å². The molecule has 1 atom stereocenters. The van der Waals surface area contributed by atoms with Gasteiger partial charge in [0.05, 0.1) is 11.7 Å². The predicted molar refractivity (Wildman–Crippen MR) is 86.6 cm³/mol. The molecule has 1 aliphatic rings. The lowest BCUT2D eigenvalue weighted by atomic mass is 9.96. The summed E-state index contributed by atoms with van der Waals surface area (Å²) in [6, 6.07) is 6.72. The van der Waals surface area contributed by atoms with Crippen LogP contribution in [0.25, 0.3) is 0 Å². The van der Waals surface area contributed by atoms with Crippen LogP contribution in [-0.4, -0.2) is 4.98 Å². The molecule has 0 spiro atoms. The monoisotopic (exact) mass is 306 g/mol. The molecule has 2 aromatic heterocycles. The Morgan fingerprint density at radius 3 is 2.80 bits per heavy atom. The van der Waals surface area contributed by atoms with Gasteiger partial charge >= 0.3 is 0 Å². The standard InChI is InChI=1S/C16H19ClN2S/c1-11-8-9-18-16(17)14(11)19-15(12-5-2-3-6-12)13-7-4-10-20-13/h4,7-10,12,15,19H,2-3,5-6H2,1H3. The molecule has 0 bridgehead atoms. The maximum Gasteiger partial charge on any atom is 0.152 e. The lowest BCUT2D eigenvalue weighted by molar-refractivity contribution is 0.475. The van der Waals surface area contributed by atoms with Crippen molar-refractivity contribution in [2.24, 2.45) is 5.92 Å². The Hall–Kier alpha value is -1.06. The Bertz CT molecular complexity index is 542. The molecule has 1 fully saturated rings. The number of pyridine rings is 1. The molecule has 1 saturated carbocycles. The van der Waals surface area contributed by atoms with Gasteiger partial charge in [0.15, 0.2) is 5.15 Å². The zero-order chi connectivity index (χ0) is 13.9. The summed E-state index contributed by atoms with van der Waals surface area (Å²) in [7, 11) is 0. The number of nitrogens with zero attached hydrogens (tertiary/aromatic N) is 1. The first kappa shape index (κ1) is 13.9. The van der Waals surface area contributed by atoms with Gasteiger partial charge < -0.3 is 5.32 Å². The molecular formula is C16H19ClN2S. The molecule has 2 aromatic rings. The van der Waals surface area contributed by atoms with Crippen molar-refractivity contribution in [2.75, 3.05) is 5.32 Å². The average molecular weight is 307 g/mol. The van der Waals surface area contributed by atoms with Gasteiger partial charge in [0.2, 0.25) is 0 Å². The number of nitrogens with one attached hydrogen (secondary N) is 1. The quantitative estimate of drug-likeness (QED) is 0.760. The Morgan fingerprint density at radius 1 is 1.35 bits per heavy atom. The van der Waals surface area contributed by atoms with Gasteiger partial charge in [0.25, 0.3) is 0 Å². The van der Waals surface area contributed by atoms with Crippen LogP contribution in [0.15, 0.2) is 29.8 Å². The maximum absolute atomic E-state index is 6.27. The third-order valence-corrected chi connectivity index (χ3v) is 5.38. The number of rotatable bonds is 4. The smallest absolute Gasteiger partial charge is 0.152 e. The van der Waals surface area contributed by atoms with E-state index in [9.17, 15) is 0 Å². The highest BCUT2D eigenvalue weighted by Crippen LogP contribution is 2.40. The van der Waals surface area contributed by atoms with Gasteiger partial charge in [-0.2, -0.15) is 0 Å². The molecule has 106 valence electrons. The van der Waals surface area contributed by atoms with E-state index in [0.29, 0.717) is 17.1 Å². The zero-order valence-electron chi connectivity index (χ0n) is 11.6. The topological polar surface area (TPSA) is 24.9 Å². The lowest BCUT2D eigenvalue weighted by Gasteiger charge is -2.26. The fourth-order valence-electron chi connectivity index (χ4n) is 3.03. The molecule has 20 heavy (non-hydrogen) atoms. The van der Waals surface area contributed by atoms with Crippen LogP contribution in [0.4, 0.5) is 5.69 Å². The molecule has 1 N–H and O–H groups in total. The fraction of sp³-hybridized carbons (Fsp3) is 0.438. The minimum Gasteiger partial charge on any atom is -0.374 e. The van der Waals surface area contributed by atoms with Crippen LogP contribution in [0.1, 0.15) is 42.2 Å². The van der Waals surface area contributed by atoms with Gasteiger partial charge in [-0.25, -0.2) is 4.98 Å². The van der Waals surface area contributed by atoms with E-state index in [0.717, 1.165) is 11.3 Å². The molecule has 2 nitrogen and oxygen atoms in total. The van der Waals surface area contributed by atoms with Crippen molar-refractivity contribution in [3.05, 3.63) is 45.4 Å². The summed E-state index contributed by atoms with van der Waals surface area (Å²) in [5.41, 5.74) is 2.14.